The molecule has 9 heteroatoms. The number of hydrogen-bond acceptors (Lipinski definition) is 5. The fourth-order valence-electron chi connectivity index (χ4n) is 12.0. The maximum atomic E-state index is 12.1. The number of non-ortho nitro benzene ring substituents is 2. The van der Waals surface area contributed by atoms with E-state index < -0.39 is 10.7 Å². The van der Waals surface area contributed by atoms with Crippen molar-refractivity contribution in [3.05, 3.63) is 205 Å². The Balaban J connectivity index is 0.000000459. The summed E-state index contributed by atoms with van der Waals surface area (Å²) in [4.78, 5) is 22.5. The topological polar surface area (TPSA) is 89.5 Å². The van der Waals surface area contributed by atoms with Crippen LogP contribution in [0.1, 0.15) is 199 Å². The van der Waals surface area contributed by atoms with E-state index in [9.17, 15) is 24.6 Å². The third-order valence-electron chi connectivity index (χ3n) is 13.9. The van der Waals surface area contributed by atoms with Crippen molar-refractivity contribution in [2.75, 3.05) is 4.90 Å². The van der Waals surface area contributed by atoms with Crippen LogP contribution in [0.25, 0.3) is 0 Å². The average Bonchev–Trinajstić information content (AvgIpc) is 3.27. The second-order valence-electron chi connectivity index (χ2n) is 29.0. The Morgan fingerprint density at radius 1 is 0.359 bits per heavy atom. The molecule has 0 N–H and O–H groups in total. The minimum atomic E-state index is -0.570. The molecule has 0 aliphatic heterocycles. The van der Waals surface area contributed by atoms with Gasteiger partial charge in [-0.1, -0.05) is 211 Å². The molecule has 0 radical (unpaired) electrons. The predicted octanol–water partition coefficient (Wildman–Crippen LogP) is 18.0. The summed E-state index contributed by atoms with van der Waals surface area (Å²) in [5.41, 5.74) is 12.9. The van der Waals surface area contributed by atoms with E-state index in [1.165, 1.54) is 46.2 Å². The van der Waals surface area contributed by atoms with Gasteiger partial charge < -0.3 is 6.33 Å². The Bertz CT molecular complexity index is 2690. The van der Waals surface area contributed by atoms with E-state index in [1.54, 1.807) is 12.1 Å². The molecular weight excluding hydrogens is 977 g/mol. The van der Waals surface area contributed by atoms with Crippen LogP contribution in [0.15, 0.2) is 146 Å². The molecule has 418 valence electrons. The molecule has 0 aliphatic rings. The van der Waals surface area contributed by atoms with Gasteiger partial charge in [-0.05, 0) is 157 Å². The Morgan fingerprint density at radius 2 is 0.564 bits per heavy atom. The number of rotatable bonds is 15. The normalized spacial score (nSPS) is 12.5. The molecule has 6 aromatic carbocycles. The molecule has 6 aromatic rings. The first kappa shape index (κ1) is 67.1. The number of nitro groups is 2. The maximum Gasteiger partial charge on any atom is 1.00 e. The first-order valence-corrected chi connectivity index (χ1v) is 27.5. The van der Waals surface area contributed by atoms with E-state index in [2.05, 4.69) is 240 Å². The summed E-state index contributed by atoms with van der Waals surface area (Å²) in [7, 11) is 0. The summed E-state index contributed by atoms with van der Waals surface area (Å²) >= 11 is 0. The van der Waals surface area contributed by atoms with Gasteiger partial charge in [-0.2, -0.15) is 0 Å². The van der Waals surface area contributed by atoms with Crippen molar-refractivity contribution in [1.29, 1.82) is 0 Å². The number of hydrogen-bond donors (Lipinski definition) is 0. The van der Waals surface area contributed by atoms with Gasteiger partial charge in [0.05, 0.1) is 9.85 Å². The van der Waals surface area contributed by atoms with Crippen LogP contribution in [0.2, 0.25) is 0 Å². The van der Waals surface area contributed by atoms with E-state index in [4.69, 9.17) is 0 Å². The minimum absolute atomic E-state index is 0. The van der Waals surface area contributed by atoms with Crippen molar-refractivity contribution >= 4 is 28.4 Å². The van der Waals surface area contributed by atoms with Crippen LogP contribution in [-0.4, -0.2) is 9.85 Å². The summed E-state index contributed by atoms with van der Waals surface area (Å²) in [5.74, 6) is -0.467. The fourth-order valence-corrected chi connectivity index (χ4v) is 12.0. The largest absolute Gasteiger partial charge is 1.00 e. The molecule has 0 heterocycles. The molecule has 0 aromatic heterocycles. The van der Waals surface area contributed by atoms with Crippen molar-refractivity contribution < 1.29 is 45.2 Å². The molecule has 0 saturated carbocycles. The summed E-state index contributed by atoms with van der Waals surface area (Å²) in [6.07, 6.45) is 5.53. The number of benzene rings is 6. The van der Waals surface area contributed by atoms with Crippen molar-refractivity contribution in [3.8, 4) is 0 Å². The zero-order valence-corrected chi connectivity index (χ0v) is 53.7. The Morgan fingerprint density at radius 3 is 0.782 bits per heavy atom. The molecule has 0 aliphatic carbocycles. The minimum Gasteiger partial charge on any atom is -1.00 e. The van der Waals surface area contributed by atoms with E-state index >= 15 is 0 Å². The fraction of sp³-hybridized carbons (Fsp3) is 0.478. The van der Waals surface area contributed by atoms with Gasteiger partial charge in [0, 0.05) is 41.3 Å². The first-order valence-electron chi connectivity index (χ1n) is 27.5. The SMILES string of the molecule is CC(C)(C)CC(C)(C)c1ccc(Cc2ccc(C(C)(C)CC(C)(C)C)cc2)cc1.CC(C)(C)CC(C)(C)c1ccc(N(c2ccc([N+](=O)[O-])cc2)c2ccc(C(C)(C)CC(C)(C)C)cc2)cc1.O=[N+]([O-])c1ccc(F)cc1.[H-].[Na+]. The molecule has 0 atom stereocenters. The summed E-state index contributed by atoms with van der Waals surface area (Å²) in [5, 5.41) is 21.3. The van der Waals surface area contributed by atoms with Gasteiger partial charge in [0.1, 0.15) is 5.82 Å². The van der Waals surface area contributed by atoms with Gasteiger partial charge >= 0.3 is 29.6 Å². The molecule has 7 nitrogen and oxygen atoms in total. The van der Waals surface area contributed by atoms with Gasteiger partial charge in [-0.15, -0.1) is 0 Å². The standard InChI is InChI=1S/C34H46N2O2.C29H44.C6H4FNO2.Na.H/c1-31(2,3)23-33(7,8)25-11-15-27(16-12-25)35(29-19-21-30(22-20-29)36(37)38)28-17-13-26(14-18-28)34(9,10)24-32(4,5)6;1-26(2,3)20-28(7,8)24-15-11-22(12-16-24)19-23-13-17-25(18-14-23)29(9,10)21-27(4,5)6;7-5-1-3-6(4-2-5)8(9)10;;/h11-22H,23-24H2,1-10H3;11-18H,19-21H2,1-10H3;1-4H;;/q;;;+1;-1. The van der Waals surface area contributed by atoms with E-state index in [0.29, 0.717) is 10.8 Å². The van der Waals surface area contributed by atoms with E-state index in [0.717, 1.165) is 60.6 Å². The van der Waals surface area contributed by atoms with Gasteiger partial charge in [-0.3, -0.25) is 20.2 Å². The zero-order chi connectivity index (χ0) is 58.2. The van der Waals surface area contributed by atoms with Crippen LogP contribution in [0, 0.1) is 47.7 Å². The van der Waals surface area contributed by atoms with Crippen LogP contribution >= 0.6 is 0 Å². The molecular formula is C69H95FN3NaO4. The quantitative estimate of drug-likeness (QED) is 0.0581. The van der Waals surface area contributed by atoms with E-state index in [-0.39, 0.29) is 79.8 Å². The second kappa shape index (κ2) is 26.4. The Labute approximate surface area is 494 Å². The molecule has 0 fully saturated rings. The van der Waals surface area contributed by atoms with Gasteiger partial charge in [0.15, 0.2) is 0 Å². The van der Waals surface area contributed by atoms with Gasteiger partial charge in [0.25, 0.3) is 11.4 Å². The third kappa shape index (κ3) is 21.5. The van der Waals surface area contributed by atoms with Crippen LogP contribution in [0.3, 0.4) is 0 Å². The van der Waals surface area contributed by atoms with Crippen molar-refractivity contribution in [2.24, 2.45) is 21.7 Å². The first-order chi connectivity index (χ1) is 35.2. The van der Waals surface area contributed by atoms with Crippen LogP contribution in [0.4, 0.5) is 32.8 Å². The monoisotopic (exact) mass is 1070 g/mol. The average molecular weight is 1070 g/mol. The Hall–Kier alpha value is -5.15. The molecule has 0 unspecified atom stereocenters. The number of nitrogens with zero attached hydrogens (tertiary/aromatic N) is 3. The molecule has 0 amide bonds. The predicted molar refractivity (Wildman–Crippen MR) is 326 cm³/mol. The molecule has 78 heavy (non-hydrogen) atoms. The molecule has 0 saturated heterocycles. The summed E-state index contributed by atoms with van der Waals surface area (Å²) in [6, 6.07) is 47.3. The molecule has 0 bridgehead atoms. The van der Waals surface area contributed by atoms with Crippen molar-refractivity contribution in [3.63, 3.8) is 0 Å². The Kier molecular flexibility index (Phi) is 22.7. The second-order valence-corrected chi connectivity index (χ2v) is 29.0. The maximum absolute atomic E-state index is 12.1. The third-order valence-corrected chi connectivity index (χ3v) is 13.9. The molecule has 0 spiro atoms. The molecule has 6 rings (SSSR count). The summed E-state index contributed by atoms with van der Waals surface area (Å²) < 4.78 is 12.1. The number of halogens is 1. The van der Waals surface area contributed by atoms with Gasteiger partial charge in [0.2, 0.25) is 0 Å². The van der Waals surface area contributed by atoms with Crippen LogP contribution in [-0.2, 0) is 28.1 Å². The van der Waals surface area contributed by atoms with Gasteiger partial charge in [-0.25, -0.2) is 4.39 Å². The van der Waals surface area contributed by atoms with Crippen LogP contribution in [0.5, 0.6) is 0 Å². The zero-order valence-electron chi connectivity index (χ0n) is 52.7. The van der Waals surface area contributed by atoms with E-state index in [1.807, 2.05) is 12.1 Å². The van der Waals surface area contributed by atoms with Crippen molar-refractivity contribution in [1.82, 2.24) is 0 Å². The summed E-state index contributed by atoms with van der Waals surface area (Å²) in [6.45, 7) is 46.4. The number of anilines is 3. The van der Waals surface area contributed by atoms with Crippen molar-refractivity contribution in [2.45, 2.75) is 192 Å². The smallest absolute Gasteiger partial charge is 1.00 e. The van der Waals surface area contributed by atoms with Crippen LogP contribution < -0.4 is 34.5 Å². The number of nitro benzene ring substituents is 2.